The molecule has 11 heteroatoms. The molecular formula is C16H15BrF3N3O3S. The van der Waals surface area contributed by atoms with Gasteiger partial charge in [-0.25, -0.2) is 13.1 Å². The third-order valence-electron chi connectivity index (χ3n) is 4.40. The van der Waals surface area contributed by atoms with Crippen molar-refractivity contribution in [1.82, 2.24) is 14.6 Å². The highest BCUT2D eigenvalue weighted by atomic mass is 79.9. The molecule has 0 bridgehead atoms. The Morgan fingerprint density at radius 2 is 2.07 bits per heavy atom. The molecule has 1 aliphatic rings. The average molecular weight is 466 g/mol. The number of para-hydroxylation sites is 1. The van der Waals surface area contributed by atoms with Gasteiger partial charge in [0, 0.05) is 35.2 Å². The van der Waals surface area contributed by atoms with Crippen molar-refractivity contribution >= 4 is 42.8 Å². The van der Waals surface area contributed by atoms with E-state index in [1.807, 2.05) is 0 Å². The standard InChI is InChI=1S/C16H15BrF3N3O3S/c17-13-5-1-4-11-12(6-7-21-14(11)13)15(24)23-8-2-3-10(23)9-22-27(25,26)16(18,19)20/h1,4-7,10,22H,2-3,8-9H2. The van der Waals surface area contributed by atoms with Crippen molar-refractivity contribution in [2.45, 2.75) is 24.4 Å². The highest BCUT2D eigenvalue weighted by Crippen LogP contribution is 2.28. The second-order valence-electron chi connectivity index (χ2n) is 6.09. The van der Waals surface area contributed by atoms with E-state index in [0.717, 1.165) is 0 Å². The fourth-order valence-corrected chi connectivity index (χ4v) is 4.13. The molecule has 0 saturated carbocycles. The number of rotatable bonds is 4. The van der Waals surface area contributed by atoms with Gasteiger partial charge < -0.3 is 4.90 Å². The van der Waals surface area contributed by atoms with Gasteiger partial charge in [0.2, 0.25) is 0 Å². The number of halogens is 4. The Bertz CT molecular complexity index is 982. The lowest BCUT2D eigenvalue weighted by Crippen LogP contribution is -2.46. The van der Waals surface area contributed by atoms with Gasteiger partial charge in [0.25, 0.3) is 5.91 Å². The number of nitrogens with zero attached hydrogens (tertiary/aromatic N) is 2. The maximum atomic E-state index is 13.0. The van der Waals surface area contributed by atoms with Crippen LogP contribution in [0.25, 0.3) is 10.9 Å². The van der Waals surface area contributed by atoms with Gasteiger partial charge in [-0.15, -0.1) is 0 Å². The Morgan fingerprint density at radius 1 is 1.33 bits per heavy atom. The first kappa shape index (κ1) is 20.0. The van der Waals surface area contributed by atoms with Crippen LogP contribution in [0.15, 0.2) is 34.9 Å². The van der Waals surface area contributed by atoms with Crippen LogP contribution in [0.1, 0.15) is 23.2 Å². The minimum Gasteiger partial charge on any atom is -0.334 e. The van der Waals surface area contributed by atoms with Gasteiger partial charge in [-0.05, 0) is 40.9 Å². The number of carbonyl (C=O) groups is 1. The van der Waals surface area contributed by atoms with E-state index in [9.17, 15) is 26.4 Å². The molecule has 1 aromatic heterocycles. The Kier molecular flexibility index (Phi) is 5.46. The first-order chi connectivity index (χ1) is 12.6. The summed E-state index contributed by atoms with van der Waals surface area (Å²) < 4.78 is 62.2. The molecule has 0 radical (unpaired) electrons. The summed E-state index contributed by atoms with van der Waals surface area (Å²) in [5.41, 5.74) is -4.42. The number of pyridine rings is 1. The fraction of sp³-hybridized carbons (Fsp3) is 0.375. The molecule has 1 N–H and O–H groups in total. The number of fused-ring (bicyclic) bond motifs is 1. The lowest BCUT2D eigenvalue weighted by atomic mass is 10.1. The summed E-state index contributed by atoms with van der Waals surface area (Å²) in [6.07, 6.45) is 2.48. The van der Waals surface area contributed by atoms with Gasteiger partial charge in [-0.3, -0.25) is 9.78 Å². The van der Waals surface area contributed by atoms with Crippen molar-refractivity contribution in [3.05, 3.63) is 40.5 Å². The van der Waals surface area contributed by atoms with Gasteiger partial charge in [-0.1, -0.05) is 12.1 Å². The normalized spacial score (nSPS) is 18.2. The van der Waals surface area contributed by atoms with E-state index in [4.69, 9.17) is 0 Å². The maximum absolute atomic E-state index is 13.0. The molecule has 1 aliphatic heterocycles. The fourth-order valence-electron chi connectivity index (χ4n) is 3.08. The van der Waals surface area contributed by atoms with E-state index in [-0.39, 0.29) is 5.91 Å². The quantitative estimate of drug-likeness (QED) is 0.752. The molecule has 1 amide bonds. The Labute approximate surface area is 161 Å². The zero-order valence-corrected chi connectivity index (χ0v) is 16.2. The van der Waals surface area contributed by atoms with Crippen molar-refractivity contribution in [3.8, 4) is 0 Å². The van der Waals surface area contributed by atoms with Crippen LogP contribution in [0.5, 0.6) is 0 Å². The number of likely N-dealkylation sites (tertiary alicyclic amines) is 1. The molecule has 1 unspecified atom stereocenters. The monoisotopic (exact) mass is 465 g/mol. The minimum atomic E-state index is -5.44. The number of nitrogens with one attached hydrogen (secondary N) is 1. The van der Waals surface area contributed by atoms with Gasteiger partial charge in [0.1, 0.15) is 0 Å². The number of aromatic nitrogens is 1. The van der Waals surface area contributed by atoms with Crippen LogP contribution in [0.3, 0.4) is 0 Å². The topological polar surface area (TPSA) is 79.4 Å². The Balaban J connectivity index is 1.84. The molecule has 0 spiro atoms. The summed E-state index contributed by atoms with van der Waals surface area (Å²) >= 11 is 3.37. The minimum absolute atomic E-state index is 0.342. The molecule has 6 nitrogen and oxygen atoms in total. The van der Waals surface area contributed by atoms with Crippen molar-refractivity contribution in [3.63, 3.8) is 0 Å². The van der Waals surface area contributed by atoms with Gasteiger partial charge >= 0.3 is 15.5 Å². The van der Waals surface area contributed by atoms with Crippen LogP contribution in [-0.2, 0) is 10.0 Å². The molecule has 1 fully saturated rings. The number of alkyl halides is 3. The number of amides is 1. The molecule has 1 aromatic carbocycles. The van der Waals surface area contributed by atoms with Gasteiger partial charge in [0.05, 0.1) is 11.1 Å². The molecular weight excluding hydrogens is 451 g/mol. The number of carbonyl (C=O) groups excluding carboxylic acids is 1. The van der Waals surface area contributed by atoms with Crippen LogP contribution in [-0.4, -0.2) is 48.8 Å². The van der Waals surface area contributed by atoms with E-state index in [0.29, 0.717) is 40.3 Å². The molecule has 146 valence electrons. The van der Waals surface area contributed by atoms with Crippen LogP contribution in [0.2, 0.25) is 0 Å². The Morgan fingerprint density at radius 3 is 2.78 bits per heavy atom. The van der Waals surface area contributed by atoms with E-state index in [2.05, 4.69) is 20.9 Å². The molecule has 27 heavy (non-hydrogen) atoms. The lowest BCUT2D eigenvalue weighted by Gasteiger charge is -2.25. The zero-order chi connectivity index (χ0) is 19.8. The average Bonchev–Trinajstić information content (AvgIpc) is 3.07. The predicted octanol–water partition coefficient (Wildman–Crippen LogP) is 3.04. The number of benzene rings is 1. The summed E-state index contributed by atoms with van der Waals surface area (Å²) in [6, 6.07) is 6.17. The largest absolute Gasteiger partial charge is 0.511 e. The second-order valence-corrected chi connectivity index (χ2v) is 8.70. The molecule has 2 heterocycles. The molecule has 3 rings (SSSR count). The third kappa shape index (κ3) is 3.94. The SMILES string of the molecule is O=C(c1ccnc2c(Br)cccc12)N1CCCC1CNS(=O)(=O)C(F)(F)F. The van der Waals surface area contributed by atoms with Crippen LogP contribution in [0, 0.1) is 0 Å². The van der Waals surface area contributed by atoms with Crippen LogP contribution >= 0.6 is 15.9 Å². The molecule has 2 aromatic rings. The van der Waals surface area contributed by atoms with E-state index in [1.165, 1.54) is 11.1 Å². The van der Waals surface area contributed by atoms with Crippen molar-refractivity contribution in [2.24, 2.45) is 0 Å². The van der Waals surface area contributed by atoms with Crippen molar-refractivity contribution < 1.29 is 26.4 Å². The smallest absolute Gasteiger partial charge is 0.334 e. The first-order valence-corrected chi connectivity index (χ1v) is 10.3. The van der Waals surface area contributed by atoms with E-state index < -0.39 is 28.1 Å². The summed E-state index contributed by atoms with van der Waals surface area (Å²) in [5, 5.41) is 0.610. The first-order valence-electron chi connectivity index (χ1n) is 8.02. The summed E-state index contributed by atoms with van der Waals surface area (Å²) in [6.45, 7) is -0.143. The highest BCUT2D eigenvalue weighted by Gasteiger charge is 2.46. The van der Waals surface area contributed by atoms with E-state index >= 15 is 0 Å². The number of hydrogen-bond acceptors (Lipinski definition) is 4. The third-order valence-corrected chi connectivity index (χ3v) is 6.20. The predicted molar refractivity (Wildman–Crippen MR) is 96.5 cm³/mol. The zero-order valence-electron chi connectivity index (χ0n) is 13.8. The maximum Gasteiger partial charge on any atom is 0.511 e. The molecule has 1 atom stereocenters. The molecule has 0 aliphatic carbocycles. The van der Waals surface area contributed by atoms with Gasteiger partial charge in [-0.2, -0.15) is 13.2 Å². The van der Waals surface area contributed by atoms with Crippen molar-refractivity contribution in [2.75, 3.05) is 13.1 Å². The Hall–Kier alpha value is -1.72. The second kappa shape index (κ2) is 7.36. The van der Waals surface area contributed by atoms with Crippen LogP contribution in [0.4, 0.5) is 13.2 Å². The van der Waals surface area contributed by atoms with Crippen molar-refractivity contribution in [1.29, 1.82) is 0 Å². The summed E-state index contributed by atoms with van der Waals surface area (Å²) in [4.78, 5) is 18.6. The highest BCUT2D eigenvalue weighted by molar-refractivity contribution is 9.10. The summed E-state index contributed by atoms with van der Waals surface area (Å²) in [5.74, 6) is -0.366. The summed E-state index contributed by atoms with van der Waals surface area (Å²) in [7, 11) is -5.44. The lowest BCUT2D eigenvalue weighted by molar-refractivity contribution is -0.0448. The number of sulfonamides is 1. The van der Waals surface area contributed by atoms with Gasteiger partial charge in [0.15, 0.2) is 0 Å². The molecule has 1 saturated heterocycles. The van der Waals surface area contributed by atoms with Crippen LogP contribution < -0.4 is 4.72 Å². The van der Waals surface area contributed by atoms with E-state index in [1.54, 1.807) is 29.0 Å². The number of hydrogen-bond donors (Lipinski definition) is 1.